The van der Waals surface area contributed by atoms with Gasteiger partial charge in [0.2, 0.25) is 0 Å². The van der Waals surface area contributed by atoms with Crippen molar-refractivity contribution in [1.29, 1.82) is 0 Å². The van der Waals surface area contributed by atoms with Crippen LogP contribution in [0.5, 0.6) is 0 Å². The molecule has 0 aromatic carbocycles. The van der Waals surface area contributed by atoms with E-state index in [2.05, 4.69) is 18.8 Å². The zero-order valence-electron chi connectivity index (χ0n) is 8.62. The first kappa shape index (κ1) is 12.6. The molecule has 78 valence electrons. The monoisotopic (exact) mass is 187 g/mol. The molecule has 0 spiro atoms. The number of aliphatic hydroxyl groups is 1. The number of rotatable bonds is 8. The molecule has 0 aliphatic heterocycles. The molecule has 0 aliphatic rings. The quantitative estimate of drug-likeness (QED) is 0.556. The Hall–Kier alpha value is -0.380. The van der Waals surface area contributed by atoms with Crippen LogP contribution in [0.3, 0.4) is 0 Å². The van der Waals surface area contributed by atoms with Gasteiger partial charge in [-0.2, -0.15) is 0 Å². The Labute approximate surface area is 80.8 Å². The van der Waals surface area contributed by atoms with Gasteiger partial charge in [-0.25, -0.2) is 0 Å². The SMILES string of the molecule is C=CCC(C)NCC(O)COCC. The van der Waals surface area contributed by atoms with Crippen molar-refractivity contribution in [2.24, 2.45) is 0 Å². The number of nitrogens with one attached hydrogen (secondary N) is 1. The van der Waals surface area contributed by atoms with Crippen LogP contribution >= 0.6 is 0 Å². The van der Waals surface area contributed by atoms with E-state index < -0.39 is 6.10 Å². The number of ether oxygens (including phenoxy) is 1. The molecule has 0 saturated carbocycles. The van der Waals surface area contributed by atoms with Crippen molar-refractivity contribution in [3.05, 3.63) is 12.7 Å². The van der Waals surface area contributed by atoms with Crippen molar-refractivity contribution in [3.8, 4) is 0 Å². The van der Waals surface area contributed by atoms with Crippen LogP contribution in [0.15, 0.2) is 12.7 Å². The number of hydrogen-bond acceptors (Lipinski definition) is 3. The summed E-state index contributed by atoms with van der Waals surface area (Å²) in [7, 11) is 0. The van der Waals surface area contributed by atoms with E-state index in [4.69, 9.17) is 4.74 Å². The predicted octanol–water partition coefficient (Wildman–Crippen LogP) is 0.938. The molecule has 0 heterocycles. The Morgan fingerprint density at radius 1 is 1.62 bits per heavy atom. The second kappa shape index (κ2) is 8.23. The van der Waals surface area contributed by atoms with Gasteiger partial charge in [-0.1, -0.05) is 6.08 Å². The molecule has 0 amide bonds. The maximum Gasteiger partial charge on any atom is 0.0897 e. The summed E-state index contributed by atoms with van der Waals surface area (Å²) in [5, 5.41) is 12.6. The Morgan fingerprint density at radius 2 is 2.31 bits per heavy atom. The molecular formula is C10H21NO2. The smallest absolute Gasteiger partial charge is 0.0897 e. The Morgan fingerprint density at radius 3 is 2.85 bits per heavy atom. The van der Waals surface area contributed by atoms with E-state index in [-0.39, 0.29) is 0 Å². The molecule has 3 nitrogen and oxygen atoms in total. The van der Waals surface area contributed by atoms with Crippen LogP contribution in [0.4, 0.5) is 0 Å². The van der Waals surface area contributed by atoms with E-state index in [0.29, 0.717) is 25.8 Å². The lowest BCUT2D eigenvalue weighted by molar-refractivity contribution is 0.0417. The lowest BCUT2D eigenvalue weighted by Crippen LogP contribution is -2.35. The molecule has 2 unspecified atom stereocenters. The Kier molecular flexibility index (Phi) is 7.99. The van der Waals surface area contributed by atoms with Gasteiger partial charge in [-0.05, 0) is 20.3 Å². The number of hydrogen-bond donors (Lipinski definition) is 2. The third-order valence-electron chi connectivity index (χ3n) is 1.74. The molecular weight excluding hydrogens is 166 g/mol. The highest BCUT2D eigenvalue weighted by atomic mass is 16.5. The molecule has 0 aromatic heterocycles. The molecule has 0 aliphatic carbocycles. The molecule has 0 aromatic rings. The van der Waals surface area contributed by atoms with Gasteiger partial charge in [-0.15, -0.1) is 6.58 Å². The fraction of sp³-hybridized carbons (Fsp3) is 0.800. The van der Waals surface area contributed by atoms with Crippen LogP contribution in [0.25, 0.3) is 0 Å². The van der Waals surface area contributed by atoms with E-state index in [1.807, 2.05) is 13.0 Å². The lowest BCUT2D eigenvalue weighted by Gasteiger charge is -2.15. The molecule has 2 N–H and O–H groups in total. The van der Waals surface area contributed by atoms with Crippen LogP contribution < -0.4 is 5.32 Å². The average molecular weight is 187 g/mol. The summed E-state index contributed by atoms with van der Waals surface area (Å²) in [6.07, 6.45) is 2.38. The maximum atomic E-state index is 9.38. The van der Waals surface area contributed by atoms with E-state index in [9.17, 15) is 5.11 Å². The maximum absolute atomic E-state index is 9.38. The molecule has 0 bridgehead atoms. The fourth-order valence-electron chi connectivity index (χ4n) is 0.983. The topological polar surface area (TPSA) is 41.5 Å². The molecule has 2 atom stereocenters. The average Bonchev–Trinajstić information content (AvgIpc) is 2.12. The van der Waals surface area contributed by atoms with Crippen molar-refractivity contribution < 1.29 is 9.84 Å². The summed E-state index contributed by atoms with van der Waals surface area (Å²) in [4.78, 5) is 0. The minimum atomic E-state index is -0.410. The predicted molar refractivity (Wildman–Crippen MR) is 54.8 cm³/mol. The molecule has 0 rings (SSSR count). The van der Waals surface area contributed by atoms with Crippen LogP contribution in [-0.4, -0.2) is 37.0 Å². The van der Waals surface area contributed by atoms with Gasteiger partial charge in [0.05, 0.1) is 12.7 Å². The van der Waals surface area contributed by atoms with Gasteiger partial charge in [0.15, 0.2) is 0 Å². The second-order valence-electron chi connectivity index (χ2n) is 3.15. The highest BCUT2D eigenvalue weighted by Gasteiger charge is 2.05. The van der Waals surface area contributed by atoms with E-state index >= 15 is 0 Å². The minimum Gasteiger partial charge on any atom is -0.389 e. The molecule has 13 heavy (non-hydrogen) atoms. The summed E-state index contributed by atoms with van der Waals surface area (Å²) in [5.41, 5.74) is 0. The fourth-order valence-corrected chi connectivity index (χ4v) is 0.983. The minimum absolute atomic E-state index is 0.369. The van der Waals surface area contributed by atoms with Crippen molar-refractivity contribution in [1.82, 2.24) is 5.32 Å². The molecule has 0 saturated heterocycles. The summed E-state index contributed by atoms with van der Waals surface area (Å²) in [6, 6.07) is 0.369. The molecule has 0 radical (unpaired) electrons. The first-order chi connectivity index (χ1) is 6.20. The van der Waals surface area contributed by atoms with E-state index in [0.717, 1.165) is 6.42 Å². The van der Waals surface area contributed by atoms with Crippen molar-refractivity contribution in [2.75, 3.05) is 19.8 Å². The van der Waals surface area contributed by atoms with Crippen LogP contribution in [0, 0.1) is 0 Å². The van der Waals surface area contributed by atoms with Gasteiger partial charge in [0.1, 0.15) is 0 Å². The Balaban J connectivity index is 3.33. The number of aliphatic hydroxyl groups excluding tert-OH is 1. The standard InChI is InChI=1S/C10H21NO2/c1-4-6-9(3)11-7-10(12)8-13-5-2/h4,9-12H,1,5-8H2,2-3H3. The van der Waals surface area contributed by atoms with Crippen molar-refractivity contribution in [2.45, 2.75) is 32.4 Å². The molecule has 3 heteroatoms. The first-order valence-corrected chi connectivity index (χ1v) is 4.80. The van der Waals surface area contributed by atoms with Gasteiger partial charge in [0, 0.05) is 19.2 Å². The van der Waals surface area contributed by atoms with Gasteiger partial charge in [-0.3, -0.25) is 0 Å². The normalized spacial score (nSPS) is 15.3. The largest absolute Gasteiger partial charge is 0.389 e. The highest BCUT2D eigenvalue weighted by molar-refractivity contribution is 4.75. The van der Waals surface area contributed by atoms with Crippen molar-refractivity contribution in [3.63, 3.8) is 0 Å². The first-order valence-electron chi connectivity index (χ1n) is 4.80. The molecule has 0 fully saturated rings. The summed E-state index contributed by atoms with van der Waals surface area (Å²) in [6.45, 7) is 9.27. The van der Waals surface area contributed by atoms with Crippen LogP contribution in [-0.2, 0) is 4.74 Å². The van der Waals surface area contributed by atoms with Crippen LogP contribution in [0.2, 0.25) is 0 Å². The summed E-state index contributed by atoms with van der Waals surface area (Å²) >= 11 is 0. The van der Waals surface area contributed by atoms with Crippen molar-refractivity contribution >= 4 is 0 Å². The van der Waals surface area contributed by atoms with E-state index in [1.165, 1.54) is 0 Å². The second-order valence-corrected chi connectivity index (χ2v) is 3.15. The summed E-state index contributed by atoms with van der Waals surface area (Å²) < 4.78 is 5.08. The summed E-state index contributed by atoms with van der Waals surface area (Å²) in [5.74, 6) is 0. The van der Waals surface area contributed by atoms with Gasteiger partial charge >= 0.3 is 0 Å². The third-order valence-corrected chi connectivity index (χ3v) is 1.74. The van der Waals surface area contributed by atoms with Gasteiger partial charge < -0.3 is 15.2 Å². The highest BCUT2D eigenvalue weighted by Crippen LogP contribution is 1.91. The van der Waals surface area contributed by atoms with Gasteiger partial charge in [0.25, 0.3) is 0 Å². The zero-order valence-corrected chi connectivity index (χ0v) is 8.62. The lowest BCUT2D eigenvalue weighted by atomic mass is 10.2. The zero-order chi connectivity index (χ0) is 10.1. The van der Waals surface area contributed by atoms with Crippen LogP contribution in [0.1, 0.15) is 20.3 Å². The van der Waals surface area contributed by atoms with E-state index in [1.54, 1.807) is 0 Å². The Bertz CT molecular complexity index is 128. The third kappa shape index (κ3) is 7.96.